The van der Waals surface area contributed by atoms with Crippen LogP contribution in [0, 0.1) is 6.92 Å². The molecule has 0 spiro atoms. The zero-order valence-corrected chi connectivity index (χ0v) is 15.7. The normalized spacial score (nSPS) is 14.8. The third kappa shape index (κ3) is 3.69. The molecule has 0 unspecified atom stereocenters. The van der Waals surface area contributed by atoms with Crippen molar-refractivity contribution >= 4 is 11.7 Å². The van der Waals surface area contributed by atoms with E-state index < -0.39 is 0 Å². The number of nitrogens with zero attached hydrogens (tertiary/aromatic N) is 4. The molecule has 2 aromatic heterocycles. The van der Waals surface area contributed by atoms with E-state index in [-0.39, 0.29) is 11.5 Å². The molecule has 1 fully saturated rings. The number of carbonyl (C=O) groups is 1. The van der Waals surface area contributed by atoms with E-state index in [9.17, 15) is 9.59 Å². The lowest BCUT2D eigenvalue weighted by molar-refractivity contribution is 0.0735. The van der Waals surface area contributed by atoms with E-state index >= 15 is 0 Å². The van der Waals surface area contributed by atoms with Gasteiger partial charge < -0.3 is 14.2 Å². The lowest BCUT2D eigenvalue weighted by Gasteiger charge is -2.22. The van der Waals surface area contributed by atoms with Gasteiger partial charge in [0, 0.05) is 32.2 Å². The first kappa shape index (κ1) is 18.0. The van der Waals surface area contributed by atoms with E-state index in [0.29, 0.717) is 25.4 Å². The third-order valence-electron chi connectivity index (χ3n) is 4.90. The van der Waals surface area contributed by atoms with Crippen molar-refractivity contribution in [1.29, 1.82) is 0 Å². The van der Waals surface area contributed by atoms with Crippen LogP contribution in [-0.2, 0) is 0 Å². The molecule has 0 saturated carbocycles. The van der Waals surface area contributed by atoms with Crippen LogP contribution >= 0.6 is 0 Å². The van der Waals surface area contributed by atoms with Gasteiger partial charge in [-0.2, -0.15) is 4.68 Å². The summed E-state index contributed by atoms with van der Waals surface area (Å²) in [5, 5.41) is 4.57. The quantitative estimate of drug-likeness (QED) is 0.700. The first-order valence-electron chi connectivity index (χ1n) is 9.37. The van der Waals surface area contributed by atoms with Gasteiger partial charge in [-0.15, -0.1) is 5.10 Å². The Balaban J connectivity index is 1.53. The SMILES string of the molecule is Cc1ccc(-n2nc(N3CCCN(C(=O)c4ccco4)CC3)ccc2=O)cc1. The Hall–Kier alpha value is -3.35. The zero-order valence-electron chi connectivity index (χ0n) is 15.7. The monoisotopic (exact) mass is 378 g/mol. The number of hydrogen-bond donors (Lipinski definition) is 0. The van der Waals surface area contributed by atoms with Crippen LogP contribution < -0.4 is 10.5 Å². The molecule has 3 heterocycles. The zero-order chi connectivity index (χ0) is 19.5. The van der Waals surface area contributed by atoms with Crippen LogP contribution in [0.1, 0.15) is 22.5 Å². The maximum Gasteiger partial charge on any atom is 0.289 e. The Morgan fingerprint density at radius 2 is 1.82 bits per heavy atom. The minimum absolute atomic E-state index is 0.0931. The molecule has 0 aliphatic carbocycles. The lowest BCUT2D eigenvalue weighted by Crippen LogP contribution is -2.35. The number of aromatic nitrogens is 2. The number of benzene rings is 1. The summed E-state index contributed by atoms with van der Waals surface area (Å²) in [5.74, 6) is 0.997. The summed E-state index contributed by atoms with van der Waals surface area (Å²) in [6.07, 6.45) is 2.33. The van der Waals surface area contributed by atoms with Gasteiger partial charge in [-0.25, -0.2) is 0 Å². The molecule has 3 aromatic rings. The molecular weight excluding hydrogens is 356 g/mol. The fourth-order valence-corrected chi connectivity index (χ4v) is 3.35. The highest BCUT2D eigenvalue weighted by Gasteiger charge is 2.22. The van der Waals surface area contributed by atoms with Crippen LogP contribution in [-0.4, -0.2) is 46.8 Å². The summed E-state index contributed by atoms with van der Waals surface area (Å²) in [5.41, 5.74) is 1.70. The third-order valence-corrected chi connectivity index (χ3v) is 4.90. The van der Waals surface area contributed by atoms with Gasteiger partial charge in [0.15, 0.2) is 5.76 Å². The molecule has 7 heteroatoms. The Labute approximate surface area is 162 Å². The second-order valence-corrected chi connectivity index (χ2v) is 6.89. The van der Waals surface area contributed by atoms with Crippen molar-refractivity contribution in [3.8, 4) is 5.69 Å². The number of anilines is 1. The minimum atomic E-state index is -0.169. The van der Waals surface area contributed by atoms with Crippen molar-refractivity contribution in [3.05, 3.63) is 76.5 Å². The summed E-state index contributed by atoms with van der Waals surface area (Å²) in [6, 6.07) is 14.4. The van der Waals surface area contributed by atoms with Crippen molar-refractivity contribution in [2.24, 2.45) is 0 Å². The molecule has 1 aliphatic heterocycles. The van der Waals surface area contributed by atoms with Crippen LogP contribution in [0.15, 0.2) is 64.0 Å². The van der Waals surface area contributed by atoms with Gasteiger partial charge in [0.2, 0.25) is 0 Å². The first-order chi connectivity index (χ1) is 13.6. The fraction of sp³-hybridized carbons (Fsp3) is 0.286. The predicted octanol–water partition coefficient (Wildman–Crippen LogP) is 2.49. The van der Waals surface area contributed by atoms with Crippen LogP contribution in [0.25, 0.3) is 5.69 Å². The van der Waals surface area contributed by atoms with Crippen molar-refractivity contribution in [3.63, 3.8) is 0 Å². The molecule has 28 heavy (non-hydrogen) atoms. The molecule has 0 atom stereocenters. The van der Waals surface area contributed by atoms with Gasteiger partial charge in [-0.1, -0.05) is 17.7 Å². The average molecular weight is 378 g/mol. The molecule has 0 radical (unpaired) electrons. The van der Waals surface area contributed by atoms with Crippen molar-refractivity contribution in [2.45, 2.75) is 13.3 Å². The number of aryl methyl sites for hydroxylation is 1. The first-order valence-corrected chi connectivity index (χ1v) is 9.37. The summed E-state index contributed by atoms with van der Waals surface area (Å²) in [6.45, 7) is 4.65. The second kappa shape index (κ2) is 7.72. The molecule has 1 aromatic carbocycles. The molecular formula is C21H22N4O3. The van der Waals surface area contributed by atoms with Crippen LogP contribution in [0.5, 0.6) is 0 Å². The van der Waals surface area contributed by atoms with Gasteiger partial charge in [0.05, 0.1) is 12.0 Å². The fourth-order valence-electron chi connectivity index (χ4n) is 3.35. The maximum absolute atomic E-state index is 12.5. The predicted molar refractivity (Wildman–Crippen MR) is 106 cm³/mol. The van der Waals surface area contributed by atoms with E-state index in [0.717, 1.165) is 30.0 Å². The smallest absolute Gasteiger partial charge is 0.289 e. The molecule has 1 saturated heterocycles. The Bertz CT molecular complexity index is 1010. The number of hydrogen-bond acceptors (Lipinski definition) is 5. The number of amides is 1. The minimum Gasteiger partial charge on any atom is -0.459 e. The number of carbonyl (C=O) groups excluding carboxylic acids is 1. The van der Waals surface area contributed by atoms with Crippen molar-refractivity contribution in [2.75, 3.05) is 31.1 Å². The average Bonchev–Trinajstić information content (AvgIpc) is 3.13. The molecule has 1 amide bonds. The van der Waals surface area contributed by atoms with E-state index in [1.54, 1.807) is 29.2 Å². The van der Waals surface area contributed by atoms with E-state index in [2.05, 4.69) is 10.00 Å². The van der Waals surface area contributed by atoms with Crippen molar-refractivity contribution in [1.82, 2.24) is 14.7 Å². The summed E-state index contributed by atoms with van der Waals surface area (Å²) >= 11 is 0. The Morgan fingerprint density at radius 3 is 2.57 bits per heavy atom. The van der Waals surface area contributed by atoms with Crippen LogP contribution in [0.3, 0.4) is 0 Å². The Morgan fingerprint density at radius 1 is 1.00 bits per heavy atom. The highest BCUT2D eigenvalue weighted by Crippen LogP contribution is 2.15. The van der Waals surface area contributed by atoms with Gasteiger partial charge in [-0.05, 0) is 43.7 Å². The second-order valence-electron chi connectivity index (χ2n) is 6.89. The summed E-state index contributed by atoms with van der Waals surface area (Å²) < 4.78 is 6.65. The summed E-state index contributed by atoms with van der Waals surface area (Å²) in [4.78, 5) is 28.7. The molecule has 1 aliphatic rings. The van der Waals surface area contributed by atoms with E-state index in [1.165, 1.54) is 10.9 Å². The highest BCUT2D eigenvalue weighted by molar-refractivity contribution is 5.91. The van der Waals surface area contributed by atoms with E-state index in [4.69, 9.17) is 4.42 Å². The maximum atomic E-state index is 12.5. The van der Waals surface area contributed by atoms with E-state index in [1.807, 2.05) is 31.2 Å². The molecule has 4 rings (SSSR count). The summed E-state index contributed by atoms with van der Waals surface area (Å²) in [7, 11) is 0. The standard InChI is InChI=1S/C21H22N4O3/c1-16-5-7-17(8-6-16)25-20(26)10-9-19(22-25)23-11-3-12-24(14-13-23)21(27)18-4-2-15-28-18/h2,4-10,15H,3,11-14H2,1H3. The van der Waals surface area contributed by atoms with Gasteiger partial charge in [0.25, 0.3) is 11.5 Å². The lowest BCUT2D eigenvalue weighted by atomic mass is 10.2. The highest BCUT2D eigenvalue weighted by atomic mass is 16.3. The number of furan rings is 1. The van der Waals surface area contributed by atoms with Gasteiger partial charge >= 0.3 is 0 Å². The molecule has 7 nitrogen and oxygen atoms in total. The molecule has 0 bridgehead atoms. The van der Waals surface area contributed by atoms with Crippen LogP contribution in [0.2, 0.25) is 0 Å². The van der Waals surface area contributed by atoms with Crippen LogP contribution in [0.4, 0.5) is 5.82 Å². The largest absolute Gasteiger partial charge is 0.459 e. The Kier molecular flexibility index (Phi) is 4.97. The van der Waals surface area contributed by atoms with Gasteiger partial charge in [0.1, 0.15) is 5.82 Å². The number of rotatable bonds is 3. The topological polar surface area (TPSA) is 71.6 Å². The molecule has 0 N–H and O–H groups in total. The van der Waals surface area contributed by atoms with Gasteiger partial charge in [-0.3, -0.25) is 9.59 Å². The van der Waals surface area contributed by atoms with Crippen molar-refractivity contribution < 1.29 is 9.21 Å². The molecule has 144 valence electrons.